The number of alkyl halides is 3. The second kappa shape index (κ2) is 6.67. The zero-order chi connectivity index (χ0) is 19.0. The molecule has 2 rings (SSSR count). The third kappa shape index (κ3) is 3.86. The summed E-state index contributed by atoms with van der Waals surface area (Å²) >= 11 is 17.4. The quantitative estimate of drug-likeness (QED) is 0.433. The van der Waals surface area contributed by atoms with Crippen molar-refractivity contribution in [1.29, 1.82) is 0 Å². The smallest absolute Gasteiger partial charge is 0.352 e. The van der Waals surface area contributed by atoms with Gasteiger partial charge in [0.15, 0.2) is 5.60 Å². The molecule has 9 heteroatoms. The molecule has 1 atom stereocenters. The van der Waals surface area contributed by atoms with Gasteiger partial charge in [0.1, 0.15) is 5.75 Å². The van der Waals surface area contributed by atoms with Crippen LogP contribution in [0.2, 0.25) is 0 Å². The SMILES string of the molecule is COc1ccc(C2=N[C@@](C)(C(=O)OC(C)(C)C(Cl)(Cl)Cl)C(=O)O2)cc1. The fraction of sp³-hybridized carbons (Fsp3) is 0.438. The first-order valence-electron chi connectivity index (χ1n) is 7.17. The van der Waals surface area contributed by atoms with Crippen LogP contribution in [0.3, 0.4) is 0 Å². The summed E-state index contributed by atoms with van der Waals surface area (Å²) < 4.78 is 13.5. The topological polar surface area (TPSA) is 74.2 Å². The van der Waals surface area contributed by atoms with Crippen molar-refractivity contribution in [1.82, 2.24) is 0 Å². The molecule has 1 aromatic carbocycles. The Morgan fingerprint density at radius 2 is 1.76 bits per heavy atom. The van der Waals surface area contributed by atoms with E-state index in [0.29, 0.717) is 11.3 Å². The third-order valence-electron chi connectivity index (χ3n) is 3.68. The van der Waals surface area contributed by atoms with Crippen LogP contribution in [0.25, 0.3) is 0 Å². The summed E-state index contributed by atoms with van der Waals surface area (Å²) in [6.45, 7) is 4.11. The molecule has 25 heavy (non-hydrogen) atoms. The van der Waals surface area contributed by atoms with Crippen LogP contribution in [0.1, 0.15) is 26.3 Å². The zero-order valence-corrected chi connectivity index (χ0v) is 16.2. The summed E-state index contributed by atoms with van der Waals surface area (Å²) in [7, 11) is 1.53. The van der Waals surface area contributed by atoms with Crippen molar-refractivity contribution in [3.63, 3.8) is 0 Å². The number of esters is 2. The molecule has 1 aliphatic heterocycles. The Morgan fingerprint density at radius 3 is 2.24 bits per heavy atom. The Kier molecular flexibility index (Phi) is 5.28. The van der Waals surface area contributed by atoms with Crippen LogP contribution < -0.4 is 4.74 Å². The Hall–Kier alpha value is -1.50. The molecule has 0 aromatic heterocycles. The molecule has 1 heterocycles. The largest absolute Gasteiger partial charge is 0.497 e. The van der Waals surface area contributed by atoms with Gasteiger partial charge in [0, 0.05) is 5.56 Å². The van der Waals surface area contributed by atoms with Crippen molar-refractivity contribution in [3.05, 3.63) is 29.8 Å². The van der Waals surface area contributed by atoms with Gasteiger partial charge in [0.2, 0.25) is 9.69 Å². The molecule has 0 unspecified atom stereocenters. The molecular weight excluding hydrogens is 393 g/mol. The minimum Gasteiger partial charge on any atom is -0.497 e. The van der Waals surface area contributed by atoms with Crippen LogP contribution >= 0.6 is 34.8 Å². The van der Waals surface area contributed by atoms with Crippen molar-refractivity contribution in [2.45, 2.75) is 35.7 Å². The maximum absolute atomic E-state index is 12.5. The van der Waals surface area contributed by atoms with E-state index in [4.69, 9.17) is 49.0 Å². The number of carbonyl (C=O) groups is 2. The van der Waals surface area contributed by atoms with Crippen molar-refractivity contribution in [2.75, 3.05) is 7.11 Å². The summed E-state index contributed by atoms with van der Waals surface area (Å²) in [6, 6.07) is 6.64. The van der Waals surface area contributed by atoms with Crippen LogP contribution in [-0.4, -0.2) is 39.9 Å². The predicted octanol–water partition coefficient (Wildman–Crippen LogP) is 3.45. The molecule has 0 saturated carbocycles. The normalized spacial score (nSPS) is 20.8. The fourth-order valence-electron chi connectivity index (χ4n) is 1.83. The van der Waals surface area contributed by atoms with Gasteiger partial charge in [0.25, 0.3) is 5.54 Å². The van der Waals surface area contributed by atoms with E-state index in [1.165, 1.54) is 27.9 Å². The lowest BCUT2D eigenvalue weighted by molar-refractivity contribution is -0.166. The second-order valence-corrected chi connectivity index (χ2v) is 8.29. The van der Waals surface area contributed by atoms with Gasteiger partial charge in [-0.25, -0.2) is 14.6 Å². The number of ether oxygens (including phenoxy) is 3. The standard InChI is InChI=1S/C16H16Cl3NO5/c1-14(2,16(17,18)19)25-13(22)15(3)12(21)24-11(20-15)9-5-7-10(23-4)8-6-9/h5-8H,1-4H3/t15-/m1/s1. The predicted molar refractivity (Wildman–Crippen MR) is 94.5 cm³/mol. The average molecular weight is 409 g/mol. The van der Waals surface area contributed by atoms with E-state index in [1.807, 2.05) is 0 Å². The Morgan fingerprint density at radius 1 is 1.20 bits per heavy atom. The molecule has 0 amide bonds. The van der Waals surface area contributed by atoms with Gasteiger partial charge in [-0.05, 0) is 45.0 Å². The number of hydrogen-bond donors (Lipinski definition) is 0. The van der Waals surface area contributed by atoms with Crippen LogP contribution in [0.5, 0.6) is 5.75 Å². The minimum atomic E-state index is -1.89. The lowest BCUT2D eigenvalue weighted by atomic mass is 10.0. The molecule has 1 aromatic rings. The van der Waals surface area contributed by atoms with Gasteiger partial charge in [-0.2, -0.15) is 0 Å². The van der Waals surface area contributed by atoms with E-state index >= 15 is 0 Å². The molecule has 0 fully saturated rings. The highest BCUT2D eigenvalue weighted by atomic mass is 35.6. The van der Waals surface area contributed by atoms with Gasteiger partial charge < -0.3 is 14.2 Å². The first-order chi connectivity index (χ1) is 11.4. The second-order valence-electron chi connectivity index (χ2n) is 6.00. The molecule has 1 aliphatic rings. The highest BCUT2D eigenvalue weighted by Gasteiger charge is 2.54. The molecular formula is C16H16Cl3NO5. The summed E-state index contributed by atoms with van der Waals surface area (Å²) in [4.78, 5) is 28.8. The molecule has 0 saturated heterocycles. The number of methoxy groups -OCH3 is 1. The number of benzene rings is 1. The van der Waals surface area contributed by atoms with Gasteiger partial charge >= 0.3 is 11.9 Å². The number of hydrogen-bond acceptors (Lipinski definition) is 6. The molecule has 0 aliphatic carbocycles. The molecule has 136 valence electrons. The summed E-state index contributed by atoms with van der Waals surface area (Å²) in [6.07, 6.45) is 0. The lowest BCUT2D eigenvalue weighted by Gasteiger charge is -2.33. The van der Waals surface area contributed by atoms with Gasteiger partial charge in [-0.1, -0.05) is 34.8 Å². The van der Waals surface area contributed by atoms with E-state index < -0.39 is 26.9 Å². The lowest BCUT2D eigenvalue weighted by Crippen LogP contribution is -2.49. The first kappa shape index (κ1) is 19.8. The van der Waals surface area contributed by atoms with Gasteiger partial charge in [-0.3, -0.25) is 0 Å². The Labute approximate surface area is 160 Å². The molecule has 6 nitrogen and oxygen atoms in total. The molecule has 0 N–H and O–H groups in total. The van der Waals surface area contributed by atoms with Crippen LogP contribution in [0, 0.1) is 0 Å². The van der Waals surface area contributed by atoms with Gasteiger partial charge in [-0.15, -0.1) is 0 Å². The summed E-state index contributed by atoms with van der Waals surface area (Å²) in [5.74, 6) is -1.22. The number of rotatable bonds is 4. The maximum Gasteiger partial charge on any atom is 0.352 e. The Balaban J connectivity index is 2.28. The fourth-order valence-corrected chi connectivity index (χ4v) is 1.95. The minimum absolute atomic E-state index is 0.00112. The molecule has 0 spiro atoms. The van der Waals surface area contributed by atoms with Crippen molar-refractivity contribution < 1.29 is 23.8 Å². The van der Waals surface area contributed by atoms with E-state index in [2.05, 4.69) is 4.99 Å². The number of nitrogens with zero attached hydrogens (tertiary/aromatic N) is 1. The highest BCUT2D eigenvalue weighted by Crippen LogP contribution is 2.41. The maximum atomic E-state index is 12.5. The monoisotopic (exact) mass is 407 g/mol. The number of halogens is 3. The van der Waals surface area contributed by atoms with Crippen LogP contribution in [-0.2, 0) is 19.1 Å². The summed E-state index contributed by atoms with van der Waals surface area (Å²) in [5.41, 5.74) is -2.86. The Bertz CT molecular complexity index is 724. The molecule has 0 bridgehead atoms. The number of aliphatic imine (C=N–C) groups is 1. The third-order valence-corrected chi connectivity index (χ3v) is 5.04. The van der Waals surface area contributed by atoms with Crippen molar-refractivity contribution in [2.24, 2.45) is 4.99 Å². The van der Waals surface area contributed by atoms with E-state index in [1.54, 1.807) is 24.3 Å². The van der Waals surface area contributed by atoms with E-state index in [9.17, 15) is 9.59 Å². The molecule has 0 radical (unpaired) electrons. The van der Waals surface area contributed by atoms with Gasteiger partial charge in [0.05, 0.1) is 7.11 Å². The van der Waals surface area contributed by atoms with Crippen LogP contribution in [0.4, 0.5) is 0 Å². The van der Waals surface area contributed by atoms with Crippen molar-refractivity contribution >= 4 is 52.6 Å². The number of carbonyl (C=O) groups excluding carboxylic acids is 2. The summed E-state index contributed by atoms with van der Waals surface area (Å²) in [5, 5.41) is 0. The van der Waals surface area contributed by atoms with Crippen molar-refractivity contribution in [3.8, 4) is 5.75 Å². The van der Waals surface area contributed by atoms with Crippen LogP contribution in [0.15, 0.2) is 29.3 Å². The van der Waals surface area contributed by atoms with E-state index in [0.717, 1.165) is 0 Å². The van der Waals surface area contributed by atoms with E-state index in [-0.39, 0.29) is 5.90 Å². The zero-order valence-electron chi connectivity index (χ0n) is 13.9. The number of cyclic esters (lactones) is 1. The average Bonchev–Trinajstić information content (AvgIpc) is 2.83. The highest BCUT2D eigenvalue weighted by molar-refractivity contribution is 6.68. The first-order valence-corrected chi connectivity index (χ1v) is 8.31.